The molecule has 0 radical (unpaired) electrons. The SMILES string of the molecule is CC(C)NC(=O)CCS(=O)(=O)c1ccc2c(c1)NC(=O)CCS2. The maximum Gasteiger partial charge on any atom is 0.225 e. The van der Waals surface area contributed by atoms with Crippen LogP contribution in [0.15, 0.2) is 28.0 Å². The van der Waals surface area contributed by atoms with Crippen LogP contribution in [0.2, 0.25) is 0 Å². The molecule has 0 atom stereocenters. The van der Waals surface area contributed by atoms with E-state index in [0.29, 0.717) is 17.9 Å². The van der Waals surface area contributed by atoms with Gasteiger partial charge in [0.15, 0.2) is 9.84 Å². The van der Waals surface area contributed by atoms with E-state index in [2.05, 4.69) is 10.6 Å². The highest BCUT2D eigenvalue weighted by Gasteiger charge is 2.20. The molecule has 0 saturated carbocycles. The van der Waals surface area contributed by atoms with Gasteiger partial charge in [-0.05, 0) is 32.0 Å². The van der Waals surface area contributed by atoms with Gasteiger partial charge in [0.1, 0.15) is 0 Å². The second kappa shape index (κ2) is 7.35. The van der Waals surface area contributed by atoms with Crippen molar-refractivity contribution >= 4 is 39.1 Å². The van der Waals surface area contributed by atoms with Crippen molar-refractivity contribution < 1.29 is 18.0 Å². The number of carbonyl (C=O) groups is 2. The summed E-state index contributed by atoms with van der Waals surface area (Å²) in [5.41, 5.74) is 0.519. The Morgan fingerprint density at radius 1 is 1.39 bits per heavy atom. The van der Waals surface area contributed by atoms with E-state index in [-0.39, 0.29) is 34.9 Å². The number of sulfone groups is 1. The molecule has 2 N–H and O–H groups in total. The molecule has 2 amide bonds. The molecule has 1 aliphatic rings. The van der Waals surface area contributed by atoms with Crippen LogP contribution >= 0.6 is 11.8 Å². The van der Waals surface area contributed by atoms with E-state index in [1.165, 1.54) is 23.9 Å². The van der Waals surface area contributed by atoms with Crippen LogP contribution in [0.25, 0.3) is 0 Å². The van der Waals surface area contributed by atoms with Gasteiger partial charge in [-0.25, -0.2) is 8.42 Å². The summed E-state index contributed by atoms with van der Waals surface area (Å²) in [6.45, 7) is 3.64. The minimum Gasteiger partial charge on any atom is -0.354 e. The molecule has 1 heterocycles. The van der Waals surface area contributed by atoms with E-state index in [1.807, 2.05) is 13.8 Å². The Bertz CT molecular complexity index is 714. The van der Waals surface area contributed by atoms with E-state index in [0.717, 1.165) is 4.90 Å². The van der Waals surface area contributed by atoms with E-state index >= 15 is 0 Å². The van der Waals surface area contributed by atoms with Crippen LogP contribution in [0.1, 0.15) is 26.7 Å². The van der Waals surface area contributed by atoms with Gasteiger partial charge in [-0.2, -0.15) is 0 Å². The lowest BCUT2D eigenvalue weighted by Crippen LogP contribution is -2.31. The predicted octanol–water partition coefficient (Wildman–Crippen LogP) is 1.81. The Morgan fingerprint density at radius 3 is 2.83 bits per heavy atom. The lowest BCUT2D eigenvalue weighted by Gasteiger charge is -2.11. The molecule has 0 unspecified atom stereocenters. The van der Waals surface area contributed by atoms with Crippen molar-refractivity contribution in [3.05, 3.63) is 18.2 Å². The Hall–Kier alpha value is -1.54. The van der Waals surface area contributed by atoms with Gasteiger partial charge in [-0.1, -0.05) is 0 Å². The largest absolute Gasteiger partial charge is 0.354 e. The van der Waals surface area contributed by atoms with E-state index < -0.39 is 9.84 Å². The third-order valence-corrected chi connectivity index (χ3v) is 6.01. The number of rotatable bonds is 5. The average Bonchev–Trinajstić information content (AvgIpc) is 2.64. The standard InChI is InChI=1S/C15H20N2O4S2/c1-10(2)16-15(19)6-8-23(20,21)11-3-4-13-12(9-11)17-14(18)5-7-22-13/h3-4,9-10H,5-8H2,1-2H3,(H,16,19)(H,17,18). The first-order valence-corrected chi connectivity index (χ1v) is 10.0. The molecule has 1 aromatic rings. The summed E-state index contributed by atoms with van der Waals surface area (Å²) in [5.74, 6) is -0.00422. The van der Waals surface area contributed by atoms with Crippen LogP contribution in [0.5, 0.6) is 0 Å². The first-order valence-electron chi connectivity index (χ1n) is 7.37. The summed E-state index contributed by atoms with van der Waals surface area (Å²) in [7, 11) is -3.58. The number of thioether (sulfide) groups is 1. The number of carbonyl (C=O) groups excluding carboxylic acids is 2. The molecule has 0 bridgehead atoms. The number of hydrogen-bond donors (Lipinski definition) is 2. The first-order chi connectivity index (χ1) is 10.8. The number of hydrogen-bond acceptors (Lipinski definition) is 5. The van der Waals surface area contributed by atoms with Crippen LogP contribution in [0.4, 0.5) is 5.69 Å². The normalized spacial score (nSPS) is 14.8. The number of nitrogens with one attached hydrogen (secondary N) is 2. The summed E-state index contributed by atoms with van der Waals surface area (Å²) >= 11 is 1.52. The highest BCUT2D eigenvalue weighted by molar-refractivity contribution is 7.99. The maximum absolute atomic E-state index is 12.4. The zero-order valence-corrected chi connectivity index (χ0v) is 14.7. The molecule has 126 valence electrons. The molecule has 0 aliphatic carbocycles. The summed E-state index contributed by atoms with van der Waals surface area (Å²) < 4.78 is 24.8. The van der Waals surface area contributed by atoms with Crippen molar-refractivity contribution in [2.75, 3.05) is 16.8 Å². The number of fused-ring (bicyclic) bond motifs is 1. The molecule has 6 nitrogen and oxygen atoms in total. The Balaban J connectivity index is 2.14. The molecular formula is C15H20N2O4S2. The molecule has 2 rings (SSSR count). The van der Waals surface area contributed by atoms with Gasteiger partial charge >= 0.3 is 0 Å². The van der Waals surface area contributed by atoms with Crippen molar-refractivity contribution in [2.24, 2.45) is 0 Å². The number of anilines is 1. The van der Waals surface area contributed by atoms with Crippen molar-refractivity contribution in [3.8, 4) is 0 Å². The summed E-state index contributed by atoms with van der Waals surface area (Å²) in [5, 5.41) is 5.39. The van der Waals surface area contributed by atoms with Crippen molar-refractivity contribution in [3.63, 3.8) is 0 Å². The summed E-state index contributed by atoms with van der Waals surface area (Å²) in [6, 6.07) is 4.68. The van der Waals surface area contributed by atoms with Crippen LogP contribution in [-0.4, -0.2) is 37.8 Å². The molecule has 8 heteroatoms. The molecule has 0 fully saturated rings. The number of amides is 2. The van der Waals surface area contributed by atoms with Crippen LogP contribution in [0.3, 0.4) is 0 Å². The van der Waals surface area contributed by atoms with Crippen LogP contribution in [0, 0.1) is 0 Å². The molecular weight excluding hydrogens is 336 g/mol. The third kappa shape index (κ3) is 4.97. The average molecular weight is 356 g/mol. The van der Waals surface area contributed by atoms with Gasteiger partial charge in [0.05, 0.1) is 16.3 Å². The van der Waals surface area contributed by atoms with Gasteiger partial charge in [0.2, 0.25) is 11.8 Å². The minimum atomic E-state index is -3.58. The fraction of sp³-hybridized carbons (Fsp3) is 0.467. The molecule has 23 heavy (non-hydrogen) atoms. The molecule has 0 aromatic heterocycles. The fourth-order valence-corrected chi connectivity index (χ4v) is 4.33. The minimum absolute atomic E-state index is 0.0232. The Kier molecular flexibility index (Phi) is 5.69. The Morgan fingerprint density at radius 2 is 2.13 bits per heavy atom. The second-order valence-corrected chi connectivity index (χ2v) is 8.84. The van der Waals surface area contributed by atoms with Gasteiger partial charge in [-0.15, -0.1) is 11.8 Å². The van der Waals surface area contributed by atoms with Gasteiger partial charge in [0, 0.05) is 29.5 Å². The maximum atomic E-state index is 12.4. The van der Waals surface area contributed by atoms with E-state index in [9.17, 15) is 18.0 Å². The van der Waals surface area contributed by atoms with Crippen LogP contribution in [-0.2, 0) is 19.4 Å². The zero-order chi connectivity index (χ0) is 17.0. The van der Waals surface area contributed by atoms with E-state index in [1.54, 1.807) is 6.07 Å². The highest BCUT2D eigenvalue weighted by atomic mass is 32.2. The van der Waals surface area contributed by atoms with Crippen molar-refractivity contribution in [2.45, 2.75) is 42.5 Å². The van der Waals surface area contributed by atoms with Gasteiger partial charge < -0.3 is 10.6 Å². The quantitative estimate of drug-likeness (QED) is 0.839. The van der Waals surface area contributed by atoms with Gasteiger partial charge in [-0.3, -0.25) is 9.59 Å². The van der Waals surface area contributed by atoms with Crippen molar-refractivity contribution in [1.82, 2.24) is 5.32 Å². The lowest BCUT2D eigenvalue weighted by atomic mass is 10.3. The molecule has 1 aromatic carbocycles. The zero-order valence-electron chi connectivity index (χ0n) is 13.1. The molecule has 0 spiro atoms. The third-order valence-electron chi connectivity index (χ3n) is 3.22. The Labute approximate surface area is 140 Å². The van der Waals surface area contributed by atoms with Crippen molar-refractivity contribution in [1.29, 1.82) is 0 Å². The highest BCUT2D eigenvalue weighted by Crippen LogP contribution is 2.32. The topological polar surface area (TPSA) is 92.3 Å². The monoisotopic (exact) mass is 356 g/mol. The fourth-order valence-electron chi connectivity index (χ4n) is 2.13. The van der Waals surface area contributed by atoms with E-state index in [4.69, 9.17) is 0 Å². The smallest absolute Gasteiger partial charge is 0.225 e. The lowest BCUT2D eigenvalue weighted by molar-refractivity contribution is -0.121. The predicted molar refractivity (Wildman–Crippen MR) is 90.4 cm³/mol. The van der Waals surface area contributed by atoms with Crippen LogP contribution < -0.4 is 10.6 Å². The number of benzene rings is 1. The van der Waals surface area contributed by atoms with Gasteiger partial charge in [0.25, 0.3) is 0 Å². The molecule has 0 saturated heterocycles. The molecule has 1 aliphatic heterocycles. The summed E-state index contributed by atoms with van der Waals surface area (Å²) in [4.78, 5) is 24.2. The first kappa shape index (κ1) is 17.8. The summed E-state index contributed by atoms with van der Waals surface area (Å²) in [6.07, 6.45) is 0.315. The second-order valence-electron chi connectivity index (χ2n) is 5.60.